The Kier molecular flexibility index (Phi) is 7.64. The van der Waals surface area contributed by atoms with Crippen LogP contribution in [0.25, 0.3) is 110 Å². The molecule has 4 nitrogen and oxygen atoms in total. The van der Waals surface area contributed by atoms with E-state index in [-0.39, 0.29) is 0 Å². The summed E-state index contributed by atoms with van der Waals surface area (Å²) in [5.74, 6) is 1.92. The zero-order chi connectivity index (χ0) is 37.0. The van der Waals surface area contributed by atoms with Crippen LogP contribution in [0.1, 0.15) is 0 Å². The molecule has 3 aromatic heterocycles. The minimum atomic E-state index is 0.637. The van der Waals surface area contributed by atoms with Crippen molar-refractivity contribution >= 4 is 53.4 Å². The standard InChI is InChI=1S/C51H31N3OS/c1-4-14-32(15-5-1)33-26-28-36(29-27-33)50-52-49(35-18-8-3-9-19-35)53-51(54-50)41-23-13-25-45-47(41)40-22-12-21-38(48(40)56-45)37-30-42(34-16-6-2-7-17-34)46-39-20-10-11-24-43(39)55-44(46)31-37/h1-31H. The maximum Gasteiger partial charge on any atom is 0.164 e. The van der Waals surface area contributed by atoms with E-state index >= 15 is 0 Å². The summed E-state index contributed by atoms with van der Waals surface area (Å²) in [5, 5.41) is 4.56. The number of hydrogen-bond acceptors (Lipinski definition) is 5. The van der Waals surface area contributed by atoms with Crippen LogP contribution in [0.4, 0.5) is 0 Å². The van der Waals surface area contributed by atoms with Gasteiger partial charge in [0.15, 0.2) is 17.5 Å². The predicted molar refractivity (Wildman–Crippen MR) is 233 cm³/mol. The van der Waals surface area contributed by atoms with E-state index in [1.54, 1.807) is 11.3 Å². The van der Waals surface area contributed by atoms with E-state index < -0.39 is 0 Å². The normalized spacial score (nSPS) is 11.6. The number of thiophene rings is 1. The second-order valence-electron chi connectivity index (χ2n) is 13.9. The van der Waals surface area contributed by atoms with Crippen molar-refractivity contribution in [3.8, 4) is 67.5 Å². The van der Waals surface area contributed by atoms with Crippen LogP contribution in [-0.2, 0) is 0 Å². The van der Waals surface area contributed by atoms with E-state index in [0.717, 1.165) is 71.8 Å². The number of hydrogen-bond donors (Lipinski definition) is 0. The topological polar surface area (TPSA) is 51.8 Å². The Hall–Kier alpha value is -7.21. The van der Waals surface area contributed by atoms with Gasteiger partial charge in [-0.15, -0.1) is 11.3 Å². The van der Waals surface area contributed by atoms with Gasteiger partial charge in [-0.1, -0.05) is 164 Å². The third-order valence-corrected chi connectivity index (χ3v) is 11.8. The van der Waals surface area contributed by atoms with Gasteiger partial charge in [-0.3, -0.25) is 0 Å². The lowest BCUT2D eigenvalue weighted by molar-refractivity contribution is 0.669. The third kappa shape index (κ3) is 5.48. The van der Waals surface area contributed by atoms with Crippen molar-refractivity contribution in [1.29, 1.82) is 0 Å². The number of benzene rings is 8. The van der Waals surface area contributed by atoms with Crippen LogP contribution in [0, 0.1) is 0 Å². The van der Waals surface area contributed by atoms with Gasteiger partial charge in [-0.2, -0.15) is 0 Å². The fourth-order valence-corrected chi connectivity index (χ4v) is 9.17. The number of aromatic nitrogens is 3. The molecule has 0 unspecified atom stereocenters. The van der Waals surface area contributed by atoms with Crippen molar-refractivity contribution < 1.29 is 4.42 Å². The lowest BCUT2D eigenvalue weighted by Crippen LogP contribution is -2.00. The maximum atomic E-state index is 6.53. The molecule has 0 spiro atoms. The Morgan fingerprint density at radius 2 is 0.893 bits per heavy atom. The molecular formula is C51H31N3OS. The highest BCUT2D eigenvalue weighted by molar-refractivity contribution is 7.26. The number of fused-ring (bicyclic) bond motifs is 6. The SMILES string of the molecule is c1ccc(-c2ccc(-c3nc(-c4ccccc4)nc(-c4cccc5sc6c(-c7cc(-c8ccccc8)c8c(c7)oc7ccccc78)cccc6c45)n3)cc2)cc1. The fourth-order valence-electron chi connectivity index (χ4n) is 7.90. The summed E-state index contributed by atoms with van der Waals surface area (Å²) in [4.78, 5) is 15.4. The van der Waals surface area contributed by atoms with Gasteiger partial charge in [0.2, 0.25) is 0 Å². The highest BCUT2D eigenvalue weighted by Gasteiger charge is 2.20. The summed E-state index contributed by atoms with van der Waals surface area (Å²) in [6.07, 6.45) is 0. The maximum absolute atomic E-state index is 6.53. The summed E-state index contributed by atoms with van der Waals surface area (Å²) in [7, 11) is 0. The molecular weight excluding hydrogens is 703 g/mol. The fraction of sp³-hybridized carbons (Fsp3) is 0. The molecule has 11 aromatic rings. The Bertz CT molecular complexity index is 3230. The van der Waals surface area contributed by atoms with Gasteiger partial charge < -0.3 is 4.42 Å². The molecule has 0 N–H and O–H groups in total. The largest absolute Gasteiger partial charge is 0.456 e. The van der Waals surface area contributed by atoms with Crippen molar-refractivity contribution in [3.63, 3.8) is 0 Å². The molecule has 0 fully saturated rings. The summed E-state index contributed by atoms with van der Waals surface area (Å²) in [5.41, 5.74) is 11.5. The molecule has 0 aliphatic rings. The van der Waals surface area contributed by atoms with Crippen LogP contribution >= 0.6 is 11.3 Å². The summed E-state index contributed by atoms with van der Waals surface area (Å²) in [6, 6.07) is 65.6. The molecule has 0 saturated heterocycles. The van der Waals surface area contributed by atoms with Crippen molar-refractivity contribution in [2.75, 3.05) is 0 Å². The van der Waals surface area contributed by atoms with Crippen LogP contribution in [0.15, 0.2) is 192 Å². The average Bonchev–Trinajstić information content (AvgIpc) is 3.86. The summed E-state index contributed by atoms with van der Waals surface area (Å²) in [6.45, 7) is 0. The zero-order valence-electron chi connectivity index (χ0n) is 30.1. The van der Waals surface area contributed by atoms with Gasteiger partial charge in [-0.05, 0) is 57.6 Å². The van der Waals surface area contributed by atoms with Crippen molar-refractivity contribution in [3.05, 3.63) is 188 Å². The minimum Gasteiger partial charge on any atom is -0.456 e. The van der Waals surface area contributed by atoms with Crippen LogP contribution in [-0.4, -0.2) is 15.0 Å². The quantitative estimate of drug-likeness (QED) is 0.171. The molecule has 262 valence electrons. The molecule has 0 aliphatic heterocycles. The Morgan fingerprint density at radius 3 is 1.64 bits per heavy atom. The van der Waals surface area contributed by atoms with Crippen molar-refractivity contribution in [1.82, 2.24) is 15.0 Å². The first kappa shape index (κ1) is 32.2. The van der Waals surface area contributed by atoms with E-state index in [1.165, 1.54) is 20.3 Å². The first-order valence-electron chi connectivity index (χ1n) is 18.7. The second-order valence-corrected chi connectivity index (χ2v) is 15.0. The molecule has 5 heteroatoms. The van der Waals surface area contributed by atoms with Gasteiger partial charge in [-0.25, -0.2) is 15.0 Å². The Balaban J connectivity index is 1.10. The molecule has 0 bridgehead atoms. The third-order valence-electron chi connectivity index (χ3n) is 10.6. The number of para-hydroxylation sites is 1. The van der Waals surface area contributed by atoms with E-state index in [4.69, 9.17) is 19.4 Å². The molecule has 3 heterocycles. The van der Waals surface area contributed by atoms with Crippen molar-refractivity contribution in [2.45, 2.75) is 0 Å². The molecule has 11 rings (SSSR count). The number of furan rings is 1. The van der Waals surface area contributed by atoms with E-state index in [0.29, 0.717) is 17.5 Å². The molecule has 8 aromatic carbocycles. The molecule has 0 aliphatic carbocycles. The highest BCUT2D eigenvalue weighted by Crippen LogP contribution is 2.46. The molecule has 56 heavy (non-hydrogen) atoms. The lowest BCUT2D eigenvalue weighted by atomic mass is 9.93. The number of nitrogens with zero attached hydrogens (tertiary/aromatic N) is 3. The van der Waals surface area contributed by atoms with Crippen LogP contribution in [0.5, 0.6) is 0 Å². The lowest BCUT2D eigenvalue weighted by Gasteiger charge is -2.11. The Morgan fingerprint density at radius 1 is 0.339 bits per heavy atom. The van der Waals surface area contributed by atoms with E-state index in [9.17, 15) is 0 Å². The van der Waals surface area contributed by atoms with Gasteiger partial charge in [0.1, 0.15) is 11.2 Å². The smallest absolute Gasteiger partial charge is 0.164 e. The van der Waals surface area contributed by atoms with E-state index in [1.807, 2.05) is 36.4 Å². The number of rotatable bonds is 6. The van der Waals surface area contributed by atoms with Crippen molar-refractivity contribution in [2.24, 2.45) is 0 Å². The summed E-state index contributed by atoms with van der Waals surface area (Å²) < 4.78 is 8.91. The van der Waals surface area contributed by atoms with Gasteiger partial charge >= 0.3 is 0 Å². The highest BCUT2D eigenvalue weighted by atomic mass is 32.1. The molecule has 0 atom stereocenters. The van der Waals surface area contributed by atoms with Gasteiger partial charge in [0.05, 0.1) is 0 Å². The van der Waals surface area contributed by atoms with Crippen LogP contribution in [0.2, 0.25) is 0 Å². The zero-order valence-corrected chi connectivity index (χ0v) is 30.9. The van der Waals surface area contributed by atoms with Gasteiger partial charge in [0, 0.05) is 47.6 Å². The van der Waals surface area contributed by atoms with Crippen LogP contribution in [0.3, 0.4) is 0 Å². The molecule has 0 amide bonds. The predicted octanol–water partition coefficient (Wildman–Crippen LogP) is 14.1. The van der Waals surface area contributed by atoms with Gasteiger partial charge in [0.25, 0.3) is 0 Å². The first-order chi connectivity index (χ1) is 27.7. The van der Waals surface area contributed by atoms with Crippen LogP contribution < -0.4 is 0 Å². The average molecular weight is 734 g/mol. The monoisotopic (exact) mass is 733 g/mol. The minimum absolute atomic E-state index is 0.637. The second kappa shape index (κ2) is 13.3. The molecule has 0 saturated carbocycles. The Labute approximate surface area is 327 Å². The molecule has 0 radical (unpaired) electrons. The summed E-state index contributed by atoms with van der Waals surface area (Å²) >= 11 is 1.80. The van der Waals surface area contributed by atoms with E-state index in [2.05, 4.69) is 152 Å². The first-order valence-corrected chi connectivity index (χ1v) is 19.5.